The summed E-state index contributed by atoms with van der Waals surface area (Å²) in [4.78, 5) is 0. The molecule has 2 N–H and O–H groups in total. The molecule has 0 spiro atoms. The van der Waals surface area contributed by atoms with Crippen molar-refractivity contribution >= 4 is 21.6 Å². The first kappa shape index (κ1) is 10.9. The third kappa shape index (κ3) is 2.68. The maximum absolute atomic E-state index is 5.80. The molecule has 0 aliphatic heterocycles. The van der Waals surface area contributed by atoms with Gasteiger partial charge in [0.2, 0.25) is 0 Å². The van der Waals surface area contributed by atoms with Crippen molar-refractivity contribution in [1.82, 2.24) is 0 Å². The molecule has 74 valence electrons. The van der Waals surface area contributed by atoms with E-state index in [9.17, 15) is 0 Å². The van der Waals surface area contributed by atoms with Crippen LogP contribution in [0.5, 0.6) is 5.75 Å². The largest absolute Gasteiger partial charge is 0.490 e. The fraction of sp³-hybridized carbons (Fsp3) is 0.273. The molecule has 1 aromatic carbocycles. The molecule has 3 heteroatoms. The molecular formula is C11H12BrNO. The van der Waals surface area contributed by atoms with E-state index in [0.29, 0.717) is 18.7 Å². The molecule has 0 aliphatic carbocycles. The molecule has 1 aromatic rings. The SMILES string of the molecule is C#CCCOc1c(C)cc(Br)cc1N. The van der Waals surface area contributed by atoms with Crippen LogP contribution in [0.15, 0.2) is 16.6 Å². The van der Waals surface area contributed by atoms with Gasteiger partial charge in [0, 0.05) is 10.9 Å². The Kier molecular flexibility index (Phi) is 3.84. The van der Waals surface area contributed by atoms with Gasteiger partial charge >= 0.3 is 0 Å². The van der Waals surface area contributed by atoms with Crippen LogP contribution in [0.1, 0.15) is 12.0 Å². The minimum absolute atomic E-state index is 0.503. The molecule has 0 aromatic heterocycles. The smallest absolute Gasteiger partial charge is 0.145 e. The average molecular weight is 254 g/mol. The van der Waals surface area contributed by atoms with E-state index in [4.69, 9.17) is 16.9 Å². The fourth-order valence-electron chi connectivity index (χ4n) is 1.17. The highest BCUT2D eigenvalue weighted by atomic mass is 79.9. The molecular weight excluding hydrogens is 242 g/mol. The average Bonchev–Trinajstić information content (AvgIpc) is 2.09. The molecule has 0 saturated carbocycles. The molecule has 0 unspecified atom stereocenters. The van der Waals surface area contributed by atoms with Gasteiger partial charge in [0.25, 0.3) is 0 Å². The molecule has 0 heterocycles. The number of aryl methyl sites for hydroxylation is 1. The lowest BCUT2D eigenvalue weighted by atomic mass is 10.2. The van der Waals surface area contributed by atoms with Crippen molar-refractivity contribution < 1.29 is 4.74 Å². The van der Waals surface area contributed by atoms with Crippen molar-refractivity contribution in [3.05, 3.63) is 22.2 Å². The monoisotopic (exact) mass is 253 g/mol. The number of terminal acetylenes is 1. The van der Waals surface area contributed by atoms with Crippen LogP contribution in [0.25, 0.3) is 0 Å². The lowest BCUT2D eigenvalue weighted by Crippen LogP contribution is -2.01. The summed E-state index contributed by atoms with van der Waals surface area (Å²) in [7, 11) is 0. The molecule has 0 amide bonds. The standard InChI is InChI=1S/C11H12BrNO/c1-3-4-5-14-11-8(2)6-9(12)7-10(11)13/h1,6-7H,4-5,13H2,2H3. The van der Waals surface area contributed by atoms with Gasteiger partial charge in [-0.1, -0.05) is 15.9 Å². The molecule has 0 bridgehead atoms. The Morgan fingerprint density at radius 2 is 2.29 bits per heavy atom. The molecule has 0 atom stereocenters. The van der Waals surface area contributed by atoms with E-state index in [1.165, 1.54) is 0 Å². The van der Waals surface area contributed by atoms with E-state index >= 15 is 0 Å². The van der Waals surface area contributed by atoms with E-state index in [2.05, 4.69) is 21.9 Å². The van der Waals surface area contributed by atoms with Gasteiger partial charge in [0.05, 0.1) is 12.3 Å². The van der Waals surface area contributed by atoms with Gasteiger partial charge in [0.1, 0.15) is 5.75 Å². The summed E-state index contributed by atoms with van der Waals surface area (Å²) in [6.07, 6.45) is 5.72. The van der Waals surface area contributed by atoms with Gasteiger partial charge in [0.15, 0.2) is 0 Å². The Morgan fingerprint density at radius 1 is 1.57 bits per heavy atom. The van der Waals surface area contributed by atoms with E-state index in [1.54, 1.807) is 0 Å². The predicted molar refractivity (Wildman–Crippen MR) is 62.2 cm³/mol. The number of hydrogen-bond acceptors (Lipinski definition) is 2. The van der Waals surface area contributed by atoms with Crippen LogP contribution in [-0.2, 0) is 0 Å². The topological polar surface area (TPSA) is 35.2 Å². The second-order valence-electron chi connectivity index (χ2n) is 2.94. The van der Waals surface area contributed by atoms with Crippen molar-refractivity contribution in [3.63, 3.8) is 0 Å². The van der Waals surface area contributed by atoms with E-state index < -0.39 is 0 Å². The number of halogens is 1. The van der Waals surface area contributed by atoms with Crippen LogP contribution < -0.4 is 10.5 Å². The van der Waals surface area contributed by atoms with Crippen molar-refractivity contribution in [2.45, 2.75) is 13.3 Å². The first-order valence-electron chi connectivity index (χ1n) is 4.27. The number of anilines is 1. The summed E-state index contributed by atoms with van der Waals surface area (Å²) in [6.45, 7) is 2.45. The number of nitrogens with two attached hydrogens (primary N) is 1. The zero-order valence-electron chi connectivity index (χ0n) is 8.01. The van der Waals surface area contributed by atoms with Crippen molar-refractivity contribution in [2.75, 3.05) is 12.3 Å². The van der Waals surface area contributed by atoms with E-state index in [-0.39, 0.29) is 0 Å². The predicted octanol–water partition coefficient (Wildman–Crippen LogP) is 2.74. The second kappa shape index (κ2) is 4.92. The zero-order chi connectivity index (χ0) is 10.6. The normalized spacial score (nSPS) is 9.50. The van der Waals surface area contributed by atoms with Crippen LogP contribution in [0.3, 0.4) is 0 Å². The highest BCUT2D eigenvalue weighted by Gasteiger charge is 2.05. The fourth-order valence-corrected chi connectivity index (χ4v) is 1.76. The summed E-state index contributed by atoms with van der Waals surface area (Å²) >= 11 is 3.36. The van der Waals surface area contributed by atoms with E-state index in [0.717, 1.165) is 15.8 Å². The highest BCUT2D eigenvalue weighted by Crippen LogP contribution is 2.29. The molecule has 14 heavy (non-hydrogen) atoms. The molecule has 0 fully saturated rings. The summed E-state index contributed by atoms with van der Waals surface area (Å²) in [5, 5.41) is 0. The number of hydrogen-bond donors (Lipinski definition) is 1. The number of ether oxygens (including phenoxy) is 1. The Labute approximate surface area is 92.6 Å². The number of rotatable bonds is 3. The maximum Gasteiger partial charge on any atom is 0.145 e. The highest BCUT2D eigenvalue weighted by molar-refractivity contribution is 9.10. The molecule has 0 saturated heterocycles. The Bertz CT molecular complexity index is 345. The van der Waals surface area contributed by atoms with Gasteiger partial charge in [-0.3, -0.25) is 0 Å². The van der Waals surface area contributed by atoms with Crippen LogP contribution in [0.4, 0.5) is 5.69 Å². The third-order valence-electron chi connectivity index (χ3n) is 1.76. The molecule has 0 aliphatic rings. The number of benzene rings is 1. The summed E-state index contributed by atoms with van der Waals surface area (Å²) < 4.78 is 6.43. The van der Waals surface area contributed by atoms with Crippen molar-refractivity contribution in [3.8, 4) is 18.1 Å². The number of nitrogen functional groups attached to an aromatic ring is 1. The van der Waals surface area contributed by atoms with Crippen LogP contribution >= 0.6 is 15.9 Å². The molecule has 1 rings (SSSR count). The van der Waals surface area contributed by atoms with Gasteiger partial charge in [-0.05, 0) is 24.6 Å². The van der Waals surface area contributed by atoms with Crippen LogP contribution in [-0.4, -0.2) is 6.61 Å². The first-order valence-corrected chi connectivity index (χ1v) is 5.06. The summed E-state index contributed by atoms with van der Waals surface area (Å²) in [6, 6.07) is 3.78. The van der Waals surface area contributed by atoms with Crippen LogP contribution in [0, 0.1) is 19.3 Å². The third-order valence-corrected chi connectivity index (χ3v) is 2.22. The summed E-state index contributed by atoms with van der Waals surface area (Å²) in [5.41, 5.74) is 7.44. The lowest BCUT2D eigenvalue weighted by molar-refractivity contribution is 0.327. The van der Waals surface area contributed by atoms with Crippen molar-refractivity contribution in [1.29, 1.82) is 0 Å². The lowest BCUT2D eigenvalue weighted by Gasteiger charge is -2.11. The van der Waals surface area contributed by atoms with Gasteiger partial charge in [-0.2, -0.15) is 0 Å². The van der Waals surface area contributed by atoms with Gasteiger partial charge in [-0.25, -0.2) is 0 Å². The van der Waals surface area contributed by atoms with Crippen LogP contribution in [0.2, 0.25) is 0 Å². The Morgan fingerprint density at radius 3 is 2.86 bits per heavy atom. The molecule has 0 radical (unpaired) electrons. The summed E-state index contributed by atoms with van der Waals surface area (Å²) in [5.74, 6) is 3.24. The Hall–Kier alpha value is -1.14. The Balaban J connectivity index is 2.81. The minimum atomic E-state index is 0.503. The first-order chi connectivity index (χ1) is 6.65. The van der Waals surface area contributed by atoms with Gasteiger partial charge in [-0.15, -0.1) is 12.3 Å². The quantitative estimate of drug-likeness (QED) is 0.511. The second-order valence-corrected chi connectivity index (χ2v) is 3.86. The van der Waals surface area contributed by atoms with Crippen molar-refractivity contribution in [2.24, 2.45) is 0 Å². The molecule has 2 nitrogen and oxygen atoms in total. The maximum atomic E-state index is 5.80. The van der Waals surface area contributed by atoms with E-state index in [1.807, 2.05) is 19.1 Å². The minimum Gasteiger partial charge on any atom is -0.490 e. The zero-order valence-corrected chi connectivity index (χ0v) is 9.60. The van der Waals surface area contributed by atoms with Gasteiger partial charge < -0.3 is 10.5 Å².